The van der Waals surface area contributed by atoms with Gasteiger partial charge in [-0.2, -0.15) is 0 Å². The van der Waals surface area contributed by atoms with E-state index in [1.807, 2.05) is 6.08 Å². The summed E-state index contributed by atoms with van der Waals surface area (Å²) in [5, 5.41) is 2.78. The first-order valence-electron chi connectivity index (χ1n) is 5.53. The zero-order valence-corrected chi connectivity index (χ0v) is 9.79. The fraction of sp³-hybridized carbons (Fsp3) is 0.385. The van der Waals surface area contributed by atoms with Gasteiger partial charge in [0.1, 0.15) is 0 Å². The number of nitrogens with one attached hydrogen (secondary N) is 1. The van der Waals surface area contributed by atoms with Gasteiger partial charge in [-0.05, 0) is 25.0 Å². The lowest BCUT2D eigenvalue weighted by atomic mass is 10.3. The van der Waals surface area contributed by atoms with E-state index in [-0.39, 0.29) is 5.82 Å². The Hall–Kier alpha value is -1.51. The van der Waals surface area contributed by atoms with E-state index in [4.69, 9.17) is 4.74 Å². The minimum atomic E-state index is -0.329. The van der Waals surface area contributed by atoms with E-state index in [2.05, 4.69) is 18.3 Å². The van der Waals surface area contributed by atoms with Gasteiger partial charge in [0, 0.05) is 7.05 Å². The van der Waals surface area contributed by atoms with Crippen molar-refractivity contribution >= 4 is 5.69 Å². The van der Waals surface area contributed by atoms with Gasteiger partial charge < -0.3 is 10.1 Å². The maximum Gasteiger partial charge on any atom is 0.188 e. The Morgan fingerprint density at radius 2 is 2.19 bits per heavy atom. The lowest BCUT2D eigenvalue weighted by Gasteiger charge is -2.08. The van der Waals surface area contributed by atoms with Crippen LogP contribution < -0.4 is 10.1 Å². The quantitative estimate of drug-likeness (QED) is 0.587. The molecule has 0 aliphatic carbocycles. The van der Waals surface area contributed by atoms with E-state index < -0.39 is 0 Å². The Morgan fingerprint density at radius 1 is 1.38 bits per heavy atom. The zero-order valence-electron chi connectivity index (χ0n) is 9.79. The fourth-order valence-corrected chi connectivity index (χ4v) is 1.34. The Morgan fingerprint density at radius 3 is 2.88 bits per heavy atom. The predicted octanol–water partition coefficient (Wildman–Crippen LogP) is 3.60. The highest BCUT2D eigenvalue weighted by Crippen LogP contribution is 2.23. The highest BCUT2D eigenvalue weighted by atomic mass is 19.1. The average Bonchev–Trinajstić information content (AvgIpc) is 2.31. The van der Waals surface area contributed by atoms with E-state index in [0.717, 1.165) is 12.8 Å². The molecule has 0 unspecified atom stereocenters. The minimum Gasteiger partial charge on any atom is -0.490 e. The summed E-state index contributed by atoms with van der Waals surface area (Å²) in [6.07, 6.45) is 5.93. The van der Waals surface area contributed by atoms with Gasteiger partial charge in [-0.25, -0.2) is 4.39 Å². The number of allylic oxidation sites excluding steroid dienone is 1. The summed E-state index contributed by atoms with van der Waals surface area (Å²) in [4.78, 5) is 0. The van der Waals surface area contributed by atoms with Crippen molar-refractivity contribution in [3.63, 3.8) is 0 Å². The maximum atomic E-state index is 13.6. The van der Waals surface area contributed by atoms with Crippen LogP contribution in [0.1, 0.15) is 19.8 Å². The van der Waals surface area contributed by atoms with Gasteiger partial charge in [-0.15, -0.1) is 0 Å². The average molecular weight is 223 g/mol. The summed E-state index contributed by atoms with van der Waals surface area (Å²) in [6.45, 7) is 2.58. The van der Waals surface area contributed by atoms with Gasteiger partial charge in [0.05, 0.1) is 12.3 Å². The van der Waals surface area contributed by atoms with Crippen LogP contribution in [0.3, 0.4) is 0 Å². The number of hydrogen-bond acceptors (Lipinski definition) is 2. The molecule has 0 saturated carbocycles. The van der Waals surface area contributed by atoms with Crippen LogP contribution in [0.15, 0.2) is 30.4 Å². The van der Waals surface area contributed by atoms with Crippen molar-refractivity contribution in [1.82, 2.24) is 0 Å². The van der Waals surface area contributed by atoms with Crippen LogP contribution in [0.5, 0.6) is 5.75 Å². The summed E-state index contributed by atoms with van der Waals surface area (Å²) in [5.41, 5.74) is 0.460. The summed E-state index contributed by atoms with van der Waals surface area (Å²) in [5.74, 6) is -0.0266. The number of benzene rings is 1. The molecular weight excluding hydrogens is 205 g/mol. The van der Waals surface area contributed by atoms with Crippen LogP contribution in [0.4, 0.5) is 10.1 Å². The molecule has 0 spiro atoms. The second-order valence-electron chi connectivity index (χ2n) is 3.38. The summed E-state index contributed by atoms with van der Waals surface area (Å²) in [7, 11) is 1.69. The SMILES string of the molecule is CC/C=C/CCOc1cccc(NC)c1F. The molecule has 0 heterocycles. The highest BCUT2D eigenvalue weighted by Gasteiger charge is 2.06. The molecular formula is C13H18FNO. The molecule has 0 fully saturated rings. The molecule has 0 aliphatic heterocycles. The largest absolute Gasteiger partial charge is 0.490 e. The lowest BCUT2D eigenvalue weighted by molar-refractivity contribution is 0.308. The third-order valence-corrected chi connectivity index (χ3v) is 2.18. The van der Waals surface area contributed by atoms with Crippen LogP contribution in [-0.4, -0.2) is 13.7 Å². The number of hydrogen-bond donors (Lipinski definition) is 1. The van der Waals surface area contributed by atoms with Crippen LogP contribution in [0.25, 0.3) is 0 Å². The zero-order chi connectivity index (χ0) is 11.8. The summed E-state index contributed by atoms with van der Waals surface area (Å²) < 4.78 is 19.0. The van der Waals surface area contributed by atoms with Gasteiger partial charge in [-0.3, -0.25) is 0 Å². The highest BCUT2D eigenvalue weighted by molar-refractivity contribution is 5.49. The predicted molar refractivity (Wildman–Crippen MR) is 65.5 cm³/mol. The van der Waals surface area contributed by atoms with Crippen molar-refractivity contribution in [2.45, 2.75) is 19.8 Å². The fourth-order valence-electron chi connectivity index (χ4n) is 1.34. The molecule has 0 radical (unpaired) electrons. The molecule has 0 aliphatic rings. The van der Waals surface area contributed by atoms with E-state index in [9.17, 15) is 4.39 Å². The first kappa shape index (κ1) is 12.6. The first-order chi connectivity index (χ1) is 7.79. The molecule has 2 nitrogen and oxygen atoms in total. The number of anilines is 1. The Labute approximate surface area is 96.1 Å². The monoisotopic (exact) mass is 223 g/mol. The second-order valence-corrected chi connectivity index (χ2v) is 3.38. The van der Waals surface area contributed by atoms with E-state index in [1.54, 1.807) is 25.2 Å². The van der Waals surface area contributed by atoms with Crippen LogP contribution in [-0.2, 0) is 0 Å². The minimum absolute atomic E-state index is 0.303. The molecule has 16 heavy (non-hydrogen) atoms. The topological polar surface area (TPSA) is 21.3 Å². The summed E-state index contributed by atoms with van der Waals surface area (Å²) in [6, 6.07) is 5.09. The Kier molecular flexibility index (Phi) is 5.40. The van der Waals surface area contributed by atoms with Crippen LogP contribution >= 0.6 is 0 Å². The second kappa shape index (κ2) is 6.88. The molecule has 1 aromatic rings. The van der Waals surface area contributed by atoms with Crippen LogP contribution in [0.2, 0.25) is 0 Å². The summed E-state index contributed by atoms with van der Waals surface area (Å²) >= 11 is 0. The van der Waals surface area contributed by atoms with E-state index in [0.29, 0.717) is 18.0 Å². The molecule has 0 saturated heterocycles. The third-order valence-electron chi connectivity index (χ3n) is 2.18. The standard InChI is InChI=1S/C13H18FNO/c1-3-4-5-6-10-16-12-9-7-8-11(15-2)13(12)14/h4-5,7-9,15H,3,6,10H2,1-2H3/b5-4+. The van der Waals surface area contributed by atoms with Crippen molar-refractivity contribution < 1.29 is 9.13 Å². The molecule has 1 aromatic carbocycles. The molecule has 1 rings (SSSR count). The molecule has 0 atom stereocenters. The molecule has 0 aromatic heterocycles. The van der Waals surface area contributed by atoms with Gasteiger partial charge >= 0.3 is 0 Å². The van der Waals surface area contributed by atoms with Gasteiger partial charge in [0.25, 0.3) is 0 Å². The van der Waals surface area contributed by atoms with Crippen molar-refractivity contribution in [1.29, 1.82) is 0 Å². The lowest BCUT2D eigenvalue weighted by Crippen LogP contribution is -2.00. The molecule has 0 bridgehead atoms. The Bertz CT molecular complexity index is 350. The van der Waals surface area contributed by atoms with Crippen molar-refractivity contribution in [3.8, 4) is 5.75 Å². The Balaban J connectivity index is 2.50. The van der Waals surface area contributed by atoms with E-state index >= 15 is 0 Å². The van der Waals surface area contributed by atoms with Crippen LogP contribution in [0, 0.1) is 5.82 Å². The van der Waals surface area contributed by atoms with Gasteiger partial charge in [0.2, 0.25) is 0 Å². The van der Waals surface area contributed by atoms with Crippen molar-refractivity contribution in [2.24, 2.45) is 0 Å². The smallest absolute Gasteiger partial charge is 0.188 e. The molecule has 3 heteroatoms. The van der Waals surface area contributed by atoms with Crippen molar-refractivity contribution in [2.75, 3.05) is 19.0 Å². The number of halogens is 1. The van der Waals surface area contributed by atoms with E-state index in [1.165, 1.54) is 0 Å². The molecule has 88 valence electrons. The maximum absolute atomic E-state index is 13.6. The first-order valence-corrected chi connectivity index (χ1v) is 5.53. The van der Waals surface area contributed by atoms with Gasteiger partial charge in [0.15, 0.2) is 11.6 Å². The number of ether oxygens (including phenoxy) is 1. The normalized spacial score (nSPS) is 10.7. The molecule has 0 amide bonds. The molecule has 1 N–H and O–H groups in total. The van der Waals surface area contributed by atoms with Gasteiger partial charge in [-0.1, -0.05) is 25.1 Å². The number of rotatable bonds is 6. The third kappa shape index (κ3) is 3.57. The van der Waals surface area contributed by atoms with Crippen molar-refractivity contribution in [3.05, 3.63) is 36.2 Å².